The van der Waals surface area contributed by atoms with Crippen LogP contribution in [0.25, 0.3) is 0 Å². The molecule has 1 nitrogen and oxygen atoms in total. The van der Waals surface area contributed by atoms with Crippen molar-refractivity contribution in [3.8, 4) is 0 Å². The minimum atomic E-state index is -4.20. The third-order valence-electron chi connectivity index (χ3n) is 4.43. The maximum atomic E-state index is 12.4. The third kappa shape index (κ3) is 3.54. The molecule has 0 aromatic heterocycles. The van der Waals surface area contributed by atoms with Crippen molar-refractivity contribution in [2.45, 2.75) is 62.6 Å². The van der Waals surface area contributed by atoms with Crippen LogP contribution < -0.4 is 0 Å². The minimum Gasteiger partial charge on any atom is -0.392 e. The molecule has 1 aliphatic rings. The van der Waals surface area contributed by atoms with E-state index < -0.39 is 24.1 Å². The Balaban J connectivity index is 2.19. The van der Waals surface area contributed by atoms with Gasteiger partial charge in [0.1, 0.15) is 0 Å². The van der Waals surface area contributed by atoms with Crippen LogP contribution in [-0.2, 0) is 5.41 Å². The second-order valence-electron chi connectivity index (χ2n) is 5.75. The normalized spacial score (nSPS) is 20.6. The number of aliphatic hydroxyl groups excluding tert-OH is 1. The van der Waals surface area contributed by atoms with E-state index in [0.29, 0.717) is 0 Å². The van der Waals surface area contributed by atoms with E-state index in [2.05, 4.69) is 0 Å². The minimum absolute atomic E-state index is 0.210. The molecule has 0 bridgehead atoms. The van der Waals surface area contributed by atoms with Crippen molar-refractivity contribution in [3.05, 3.63) is 35.9 Å². The summed E-state index contributed by atoms with van der Waals surface area (Å²) in [7, 11) is 0. The molecular formula is C16H21F3O. The zero-order chi connectivity index (χ0) is 14.6. The molecule has 1 atom stereocenters. The summed E-state index contributed by atoms with van der Waals surface area (Å²) in [5, 5.41) is 10.4. The van der Waals surface area contributed by atoms with E-state index in [9.17, 15) is 18.3 Å². The standard InChI is InChI=1S/C16H21F3O/c17-16(18,19)12-9-14(20)15(10-5-2-6-11-15)13-7-3-1-4-8-13/h1,3-4,7-8,14,20H,2,5-6,9-12H2. The van der Waals surface area contributed by atoms with Crippen molar-refractivity contribution in [1.29, 1.82) is 0 Å². The fraction of sp³-hybridized carbons (Fsp3) is 0.625. The lowest BCUT2D eigenvalue weighted by Crippen LogP contribution is -2.42. The van der Waals surface area contributed by atoms with E-state index >= 15 is 0 Å². The van der Waals surface area contributed by atoms with Gasteiger partial charge in [0.25, 0.3) is 0 Å². The Morgan fingerprint density at radius 3 is 2.20 bits per heavy atom. The number of aliphatic hydroxyl groups is 1. The van der Waals surface area contributed by atoms with Crippen LogP contribution in [0.2, 0.25) is 0 Å². The Hall–Kier alpha value is -1.03. The average molecular weight is 286 g/mol. The number of rotatable bonds is 4. The van der Waals surface area contributed by atoms with Crippen LogP contribution in [0.3, 0.4) is 0 Å². The molecule has 1 aromatic rings. The zero-order valence-corrected chi connectivity index (χ0v) is 11.5. The van der Waals surface area contributed by atoms with E-state index in [1.165, 1.54) is 0 Å². The summed E-state index contributed by atoms with van der Waals surface area (Å²) < 4.78 is 37.2. The third-order valence-corrected chi connectivity index (χ3v) is 4.43. The molecule has 0 aliphatic heterocycles. The van der Waals surface area contributed by atoms with Crippen molar-refractivity contribution in [1.82, 2.24) is 0 Å². The maximum absolute atomic E-state index is 12.4. The topological polar surface area (TPSA) is 20.2 Å². The number of hydrogen-bond donors (Lipinski definition) is 1. The Labute approximate surface area is 117 Å². The van der Waals surface area contributed by atoms with Gasteiger partial charge in [0.15, 0.2) is 0 Å². The van der Waals surface area contributed by atoms with Crippen molar-refractivity contribution in [3.63, 3.8) is 0 Å². The lowest BCUT2D eigenvalue weighted by Gasteiger charge is -2.42. The van der Waals surface area contributed by atoms with Crippen LogP contribution in [0.4, 0.5) is 13.2 Å². The molecule has 0 radical (unpaired) electrons. The summed E-state index contributed by atoms with van der Waals surface area (Å²) in [6.45, 7) is 0. The Bertz CT molecular complexity index is 407. The first-order valence-electron chi connectivity index (χ1n) is 7.24. The first kappa shape index (κ1) is 15.4. The van der Waals surface area contributed by atoms with Gasteiger partial charge in [-0.25, -0.2) is 0 Å². The fourth-order valence-electron chi connectivity index (χ4n) is 3.34. The Morgan fingerprint density at radius 1 is 1.05 bits per heavy atom. The van der Waals surface area contributed by atoms with Gasteiger partial charge in [-0.2, -0.15) is 13.2 Å². The van der Waals surface area contributed by atoms with Gasteiger partial charge in [0.05, 0.1) is 6.10 Å². The lowest BCUT2D eigenvalue weighted by atomic mass is 9.65. The van der Waals surface area contributed by atoms with Gasteiger partial charge >= 0.3 is 6.18 Å². The fourth-order valence-corrected chi connectivity index (χ4v) is 3.34. The van der Waals surface area contributed by atoms with Crippen molar-refractivity contribution >= 4 is 0 Å². The predicted octanol–water partition coefficient (Wildman–Crippen LogP) is 4.59. The first-order valence-corrected chi connectivity index (χ1v) is 7.24. The molecule has 1 unspecified atom stereocenters. The molecule has 0 heterocycles. The summed E-state index contributed by atoms with van der Waals surface area (Å²) in [5.74, 6) is 0. The second kappa shape index (κ2) is 6.17. The Morgan fingerprint density at radius 2 is 1.65 bits per heavy atom. The number of alkyl halides is 3. The van der Waals surface area contributed by atoms with Gasteiger partial charge in [-0.3, -0.25) is 0 Å². The molecule has 4 heteroatoms. The molecule has 0 spiro atoms. The van der Waals surface area contributed by atoms with E-state index in [4.69, 9.17) is 0 Å². The zero-order valence-electron chi connectivity index (χ0n) is 11.5. The van der Waals surface area contributed by atoms with E-state index in [-0.39, 0.29) is 6.42 Å². The quantitative estimate of drug-likeness (QED) is 0.858. The van der Waals surface area contributed by atoms with Crippen molar-refractivity contribution in [2.75, 3.05) is 0 Å². The summed E-state index contributed by atoms with van der Waals surface area (Å²) >= 11 is 0. The molecule has 0 amide bonds. The van der Waals surface area contributed by atoms with Gasteiger partial charge in [0, 0.05) is 11.8 Å². The lowest BCUT2D eigenvalue weighted by molar-refractivity contribution is -0.142. The van der Waals surface area contributed by atoms with Gasteiger partial charge in [0.2, 0.25) is 0 Å². The molecule has 1 aromatic carbocycles. The number of halogens is 3. The molecule has 1 N–H and O–H groups in total. The molecule has 1 fully saturated rings. The van der Waals surface area contributed by atoms with Crippen LogP contribution in [0.1, 0.15) is 50.5 Å². The highest BCUT2D eigenvalue weighted by molar-refractivity contribution is 5.27. The molecule has 0 saturated heterocycles. The van der Waals surface area contributed by atoms with Crippen LogP contribution in [0.15, 0.2) is 30.3 Å². The largest absolute Gasteiger partial charge is 0.392 e. The van der Waals surface area contributed by atoms with Crippen LogP contribution in [-0.4, -0.2) is 17.4 Å². The summed E-state index contributed by atoms with van der Waals surface area (Å²) in [6.07, 6.45) is -1.66. The summed E-state index contributed by atoms with van der Waals surface area (Å²) in [5.41, 5.74) is 0.486. The van der Waals surface area contributed by atoms with Crippen LogP contribution in [0, 0.1) is 0 Å². The summed E-state index contributed by atoms with van der Waals surface area (Å²) in [4.78, 5) is 0. The summed E-state index contributed by atoms with van der Waals surface area (Å²) in [6, 6.07) is 9.54. The predicted molar refractivity (Wildman–Crippen MR) is 72.5 cm³/mol. The number of hydrogen-bond acceptors (Lipinski definition) is 1. The molecular weight excluding hydrogens is 265 g/mol. The Kier molecular flexibility index (Phi) is 4.74. The van der Waals surface area contributed by atoms with Crippen LogP contribution in [0.5, 0.6) is 0 Å². The van der Waals surface area contributed by atoms with Gasteiger partial charge in [-0.1, -0.05) is 49.6 Å². The average Bonchev–Trinajstić information content (AvgIpc) is 2.45. The molecule has 20 heavy (non-hydrogen) atoms. The van der Waals surface area contributed by atoms with Crippen molar-refractivity contribution in [2.24, 2.45) is 0 Å². The number of benzene rings is 1. The first-order chi connectivity index (χ1) is 9.44. The molecule has 1 aliphatic carbocycles. The highest BCUT2D eigenvalue weighted by Crippen LogP contribution is 2.44. The van der Waals surface area contributed by atoms with E-state index in [0.717, 1.165) is 37.7 Å². The van der Waals surface area contributed by atoms with Gasteiger partial charge in [-0.05, 0) is 24.8 Å². The highest BCUT2D eigenvalue weighted by Gasteiger charge is 2.41. The maximum Gasteiger partial charge on any atom is 0.389 e. The molecule has 1 saturated carbocycles. The SMILES string of the molecule is OC(CCC(F)(F)F)C1(c2ccccc2)CCCCC1. The smallest absolute Gasteiger partial charge is 0.389 e. The highest BCUT2D eigenvalue weighted by atomic mass is 19.4. The van der Waals surface area contributed by atoms with Crippen molar-refractivity contribution < 1.29 is 18.3 Å². The van der Waals surface area contributed by atoms with E-state index in [1.54, 1.807) is 0 Å². The van der Waals surface area contributed by atoms with Gasteiger partial charge in [-0.15, -0.1) is 0 Å². The van der Waals surface area contributed by atoms with E-state index in [1.807, 2.05) is 30.3 Å². The molecule has 112 valence electrons. The molecule has 2 rings (SSSR count). The monoisotopic (exact) mass is 286 g/mol. The van der Waals surface area contributed by atoms with Crippen LogP contribution >= 0.6 is 0 Å². The van der Waals surface area contributed by atoms with Gasteiger partial charge < -0.3 is 5.11 Å². The second-order valence-corrected chi connectivity index (χ2v) is 5.75.